The molecule has 4 atom stereocenters. The summed E-state index contributed by atoms with van der Waals surface area (Å²) >= 11 is 0. The Balaban J connectivity index is 0.000000186. The van der Waals surface area contributed by atoms with Crippen molar-refractivity contribution in [2.45, 2.75) is 95.8 Å². The molecule has 3 N–H and O–H groups in total. The van der Waals surface area contributed by atoms with E-state index in [4.69, 9.17) is 0 Å². The van der Waals surface area contributed by atoms with Gasteiger partial charge in [0.05, 0.1) is 0 Å². The molecule has 2 fully saturated rings. The minimum absolute atomic E-state index is 0.336. The van der Waals surface area contributed by atoms with Crippen molar-refractivity contribution >= 4 is 0 Å². The highest BCUT2D eigenvalue weighted by molar-refractivity contribution is 5.29. The first-order valence-corrected chi connectivity index (χ1v) is 13.3. The van der Waals surface area contributed by atoms with Crippen LogP contribution in [0.5, 0.6) is 11.5 Å². The topological polar surface area (TPSA) is 60.7 Å². The van der Waals surface area contributed by atoms with E-state index < -0.39 is 0 Å². The van der Waals surface area contributed by atoms with Gasteiger partial charge in [-0.3, -0.25) is 0 Å². The summed E-state index contributed by atoms with van der Waals surface area (Å²) in [5.74, 6) is 3.51. The Hall–Kier alpha value is -2.00. The Morgan fingerprint density at radius 2 is 1.06 bits per heavy atom. The summed E-state index contributed by atoms with van der Waals surface area (Å²) in [6, 6.07) is 15.4. The number of phenolic OH excluding ortho intramolecular Hbond substituents is 2. The van der Waals surface area contributed by atoms with Crippen molar-refractivity contribution < 1.29 is 15.3 Å². The van der Waals surface area contributed by atoms with Crippen LogP contribution in [0.4, 0.5) is 0 Å². The molecule has 0 aliphatic heterocycles. The molecule has 0 radical (unpaired) electrons. The van der Waals surface area contributed by atoms with Gasteiger partial charge in [-0.1, -0.05) is 63.3 Å². The zero-order valence-corrected chi connectivity index (χ0v) is 20.5. The van der Waals surface area contributed by atoms with E-state index in [1.807, 2.05) is 24.3 Å². The normalized spacial score (nSPS) is 25.9. The van der Waals surface area contributed by atoms with Gasteiger partial charge in [0.2, 0.25) is 0 Å². The summed E-state index contributed by atoms with van der Waals surface area (Å²) in [5, 5.41) is 27.8. The van der Waals surface area contributed by atoms with Gasteiger partial charge < -0.3 is 15.3 Å². The van der Waals surface area contributed by atoms with Gasteiger partial charge in [-0.2, -0.15) is 0 Å². The molecule has 0 heterocycles. The highest BCUT2D eigenvalue weighted by atomic mass is 16.3. The Morgan fingerprint density at radius 3 is 1.52 bits per heavy atom. The van der Waals surface area contributed by atoms with Crippen LogP contribution in [0.2, 0.25) is 0 Å². The largest absolute Gasteiger partial charge is 0.508 e. The van der Waals surface area contributed by atoms with Crippen molar-refractivity contribution in [2.24, 2.45) is 11.8 Å². The van der Waals surface area contributed by atoms with Crippen molar-refractivity contribution in [3.8, 4) is 11.5 Å². The van der Waals surface area contributed by atoms with Crippen molar-refractivity contribution in [1.82, 2.24) is 0 Å². The molecule has 0 amide bonds. The number of benzene rings is 2. The van der Waals surface area contributed by atoms with E-state index in [1.54, 1.807) is 12.1 Å². The number of phenols is 2. The number of aromatic hydroxyl groups is 2. The quantitative estimate of drug-likeness (QED) is 0.404. The number of hydrogen-bond donors (Lipinski definition) is 3. The summed E-state index contributed by atoms with van der Waals surface area (Å²) in [5.41, 5.74) is 2.75. The second-order valence-corrected chi connectivity index (χ2v) is 10.3. The lowest BCUT2D eigenvalue weighted by atomic mass is 9.90. The molecule has 0 saturated heterocycles. The van der Waals surface area contributed by atoms with Gasteiger partial charge in [0.1, 0.15) is 11.5 Å². The minimum Gasteiger partial charge on any atom is -0.508 e. The van der Waals surface area contributed by atoms with Crippen LogP contribution < -0.4 is 0 Å². The zero-order valence-electron chi connectivity index (χ0n) is 20.5. The summed E-state index contributed by atoms with van der Waals surface area (Å²) in [7, 11) is 0. The summed E-state index contributed by atoms with van der Waals surface area (Å²) in [4.78, 5) is 0. The van der Waals surface area contributed by atoms with E-state index >= 15 is 0 Å². The third-order valence-electron chi connectivity index (χ3n) is 7.86. The van der Waals surface area contributed by atoms with Gasteiger partial charge in [0.15, 0.2) is 0 Å². The fourth-order valence-corrected chi connectivity index (χ4v) is 5.80. The van der Waals surface area contributed by atoms with Gasteiger partial charge >= 0.3 is 0 Å². The van der Waals surface area contributed by atoms with E-state index in [9.17, 15) is 15.3 Å². The van der Waals surface area contributed by atoms with Crippen molar-refractivity contribution in [3.05, 3.63) is 59.7 Å². The number of rotatable bonds is 5. The van der Waals surface area contributed by atoms with Crippen LogP contribution in [0.3, 0.4) is 0 Å². The molecule has 0 aromatic heterocycles. The van der Waals surface area contributed by atoms with E-state index in [1.165, 1.54) is 68.9 Å². The molecular formula is C30H44O3. The molecule has 0 bridgehead atoms. The van der Waals surface area contributed by atoms with E-state index in [0.29, 0.717) is 29.9 Å². The SMILES string of the molecule is CCCC1CCCC(c2ccc(O)cc2)CC1.OCC1CCCC(c2ccc(O)cc2)CC1. The van der Waals surface area contributed by atoms with E-state index in [2.05, 4.69) is 19.1 Å². The van der Waals surface area contributed by atoms with Crippen LogP contribution in [0.15, 0.2) is 48.5 Å². The molecule has 33 heavy (non-hydrogen) atoms. The van der Waals surface area contributed by atoms with Crippen LogP contribution in [-0.4, -0.2) is 21.9 Å². The molecule has 2 aliphatic carbocycles. The Morgan fingerprint density at radius 1 is 0.606 bits per heavy atom. The molecule has 3 nitrogen and oxygen atoms in total. The van der Waals surface area contributed by atoms with Crippen LogP contribution in [0.1, 0.15) is 107 Å². The Labute approximate surface area is 200 Å². The summed E-state index contributed by atoms with van der Waals surface area (Å²) < 4.78 is 0. The maximum absolute atomic E-state index is 9.32. The Bertz CT molecular complexity index is 783. The molecular weight excluding hydrogens is 408 g/mol. The molecule has 4 unspecified atom stereocenters. The smallest absolute Gasteiger partial charge is 0.115 e. The first-order chi connectivity index (χ1) is 16.1. The fourth-order valence-electron chi connectivity index (χ4n) is 5.80. The van der Waals surface area contributed by atoms with Crippen LogP contribution >= 0.6 is 0 Å². The molecule has 2 aromatic rings. The van der Waals surface area contributed by atoms with Gasteiger partial charge in [-0.25, -0.2) is 0 Å². The maximum atomic E-state index is 9.32. The zero-order chi connectivity index (χ0) is 23.5. The van der Waals surface area contributed by atoms with Gasteiger partial charge in [-0.15, -0.1) is 0 Å². The van der Waals surface area contributed by atoms with E-state index in [-0.39, 0.29) is 0 Å². The lowest BCUT2D eigenvalue weighted by Crippen LogP contribution is -2.04. The molecule has 2 saturated carbocycles. The molecule has 2 aliphatic rings. The predicted octanol–water partition coefficient (Wildman–Crippen LogP) is 7.90. The van der Waals surface area contributed by atoms with E-state index in [0.717, 1.165) is 31.1 Å². The first-order valence-electron chi connectivity index (χ1n) is 13.3. The number of hydrogen-bond acceptors (Lipinski definition) is 3. The average molecular weight is 453 g/mol. The van der Waals surface area contributed by atoms with Crippen LogP contribution in [0.25, 0.3) is 0 Å². The minimum atomic E-state index is 0.336. The van der Waals surface area contributed by atoms with Gasteiger partial charge in [0.25, 0.3) is 0 Å². The third kappa shape index (κ3) is 8.37. The predicted molar refractivity (Wildman–Crippen MR) is 137 cm³/mol. The van der Waals surface area contributed by atoms with Crippen molar-refractivity contribution in [2.75, 3.05) is 6.61 Å². The van der Waals surface area contributed by atoms with Crippen molar-refractivity contribution in [3.63, 3.8) is 0 Å². The summed E-state index contributed by atoms with van der Waals surface area (Å²) in [6.45, 7) is 2.63. The number of aliphatic hydroxyl groups excluding tert-OH is 1. The molecule has 2 aromatic carbocycles. The van der Waals surface area contributed by atoms with Crippen LogP contribution in [-0.2, 0) is 0 Å². The second-order valence-electron chi connectivity index (χ2n) is 10.3. The molecule has 0 spiro atoms. The lowest BCUT2D eigenvalue weighted by Gasteiger charge is -2.15. The van der Waals surface area contributed by atoms with Gasteiger partial charge in [0, 0.05) is 6.61 Å². The standard InChI is InChI=1S/C16H24O.C14H20O2/c1-2-4-13-5-3-6-14(8-7-13)15-9-11-16(17)12-10-15;15-10-11-2-1-3-12(5-4-11)13-6-8-14(16)9-7-13/h9-14,17H,2-8H2,1H3;6-9,11-12,15-16H,1-5,10H2. The second kappa shape index (κ2) is 13.6. The van der Waals surface area contributed by atoms with Crippen molar-refractivity contribution in [1.29, 1.82) is 0 Å². The highest BCUT2D eigenvalue weighted by Crippen LogP contribution is 2.36. The monoisotopic (exact) mass is 452 g/mol. The molecule has 182 valence electrons. The first kappa shape index (κ1) is 25.6. The fraction of sp³-hybridized carbons (Fsp3) is 0.600. The summed E-state index contributed by atoms with van der Waals surface area (Å²) in [6.07, 6.45) is 15.4. The lowest BCUT2D eigenvalue weighted by molar-refractivity contribution is 0.212. The highest BCUT2D eigenvalue weighted by Gasteiger charge is 2.20. The average Bonchev–Trinajstić information content (AvgIpc) is 3.22. The van der Waals surface area contributed by atoms with Crippen LogP contribution in [0, 0.1) is 11.8 Å². The Kier molecular flexibility index (Phi) is 10.6. The number of aliphatic hydroxyl groups is 1. The molecule has 3 heteroatoms. The third-order valence-corrected chi connectivity index (χ3v) is 7.86. The van der Waals surface area contributed by atoms with Gasteiger partial charge in [-0.05, 0) is 104 Å². The molecule has 4 rings (SSSR count). The maximum Gasteiger partial charge on any atom is 0.115 e.